The number of hydrogen-bond acceptors (Lipinski definition) is 4. The number of rotatable bonds is 4. The van der Waals surface area contributed by atoms with Crippen LogP contribution in [0.1, 0.15) is 23.1 Å². The van der Waals surface area contributed by atoms with Crippen LogP contribution < -0.4 is 9.62 Å². The summed E-state index contributed by atoms with van der Waals surface area (Å²) < 4.78 is 68.9. The van der Waals surface area contributed by atoms with Crippen LogP contribution in [0.2, 0.25) is 0 Å². The summed E-state index contributed by atoms with van der Waals surface area (Å²) in [6.45, 7) is 5.74. The molecule has 1 saturated heterocycles. The lowest BCUT2D eigenvalue weighted by molar-refractivity contribution is 0.312. The monoisotopic (exact) mass is 453 g/mol. The van der Waals surface area contributed by atoms with Gasteiger partial charge in [0.05, 0.1) is 0 Å². The molecule has 0 unspecified atom stereocenters. The molecule has 2 aromatic rings. The first-order valence-electron chi connectivity index (χ1n) is 10.4. The molecule has 0 radical (unpaired) electrons. The molecule has 2 aromatic carbocycles. The molecule has 2 aliphatic rings. The van der Waals surface area contributed by atoms with Crippen LogP contribution in [0.3, 0.4) is 0 Å². The van der Waals surface area contributed by atoms with Gasteiger partial charge >= 0.3 is 0 Å². The van der Waals surface area contributed by atoms with Gasteiger partial charge in [0, 0.05) is 37.9 Å². The Bertz CT molecular complexity index is 1100. The van der Waals surface area contributed by atoms with Gasteiger partial charge in [-0.2, -0.15) is 0 Å². The molecule has 1 heterocycles. The summed E-state index contributed by atoms with van der Waals surface area (Å²) in [7, 11) is -2.25. The van der Waals surface area contributed by atoms with Crippen LogP contribution in [0.25, 0.3) is 0 Å². The molecule has 1 N–H and O–H groups in total. The SMILES string of the molecule is Cc1ccc(N2CCN(C)CC2)c2c1CC[C@@H](NS(=O)(=O)c1ccc(F)c(F)c1F)C2. The molecular formula is C22H26F3N3O2S. The molecule has 168 valence electrons. The third kappa shape index (κ3) is 4.31. The van der Waals surface area contributed by atoms with Crippen molar-refractivity contribution in [1.29, 1.82) is 0 Å². The van der Waals surface area contributed by atoms with Crippen molar-refractivity contribution in [2.45, 2.75) is 37.1 Å². The van der Waals surface area contributed by atoms with Crippen LogP contribution in [0.4, 0.5) is 18.9 Å². The number of sulfonamides is 1. The Balaban J connectivity index is 1.60. The maximum atomic E-state index is 14.1. The standard InChI is InChI=1S/C22H26F3N3O2S/c1-14-3-7-19(28-11-9-27(2)10-12-28)17-13-15(4-5-16(14)17)26-31(29,30)20-8-6-18(23)21(24)22(20)25/h3,6-8,15,26H,4-5,9-13H2,1-2H3/t15-/m1/s1. The summed E-state index contributed by atoms with van der Waals surface area (Å²) in [5.74, 6) is -4.90. The van der Waals surface area contributed by atoms with E-state index in [0.717, 1.165) is 43.5 Å². The van der Waals surface area contributed by atoms with Crippen molar-refractivity contribution in [1.82, 2.24) is 9.62 Å². The first-order valence-corrected chi connectivity index (χ1v) is 11.9. The van der Waals surface area contributed by atoms with E-state index >= 15 is 0 Å². The highest BCUT2D eigenvalue weighted by molar-refractivity contribution is 7.89. The van der Waals surface area contributed by atoms with Gasteiger partial charge in [-0.05, 0) is 68.1 Å². The van der Waals surface area contributed by atoms with Crippen LogP contribution in [0, 0.1) is 24.4 Å². The van der Waals surface area contributed by atoms with E-state index in [0.29, 0.717) is 25.3 Å². The average molecular weight is 454 g/mol. The lowest BCUT2D eigenvalue weighted by atomic mass is 9.84. The Kier molecular flexibility index (Phi) is 6.02. The number of fused-ring (bicyclic) bond motifs is 1. The Morgan fingerprint density at radius 2 is 1.68 bits per heavy atom. The predicted molar refractivity (Wildman–Crippen MR) is 113 cm³/mol. The van der Waals surface area contributed by atoms with Crippen molar-refractivity contribution in [2.75, 3.05) is 38.1 Å². The zero-order chi connectivity index (χ0) is 22.3. The van der Waals surface area contributed by atoms with E-state index in [-0.39, 0.29) is 0 Å². The first kappa shape index (κ1) is 22.1. The highest BCUT2D eigenvalue weighted by atomic mass is 32.2. The number of anilines is 1. The van der Waals surface area contributed by atoms with Gasteiger partial charge in [0.25, 0.3) is 0 Å². The van der Waals surface area contributed by atoms with Crippen LogP contribution >= 0.6 is 0 Å². The molecule has 4 rings (SSSR count). The van der Waals surface area contributed by atoms with Crippen LogP contribution in [-0.4, -0.2) is 52.6 Å². The van der Waals surface area contributed by atoms with Crippen molar-refractivity contribution < 1.29 is 21.6 Å². The summed E-state index contributed by atoms with van der Waals surface area (Å²) in [6.07, 6.45) is 1.70. The normalized spacial score (nSPS) is 20.0. The number of hydrogen-bond donors (Lipinski definition) is 1. The maximum Gasteiger partial charge on any atom is 0.243 e. The van der Waals surface area contributed by atoms with Crippen LogP contribution in [0.5, 0.6) is 0 Å². The zero-order valence-corrected chi connectivity index (χ0v) is 18.4. The highest BCUT2D eigenvalue weighted by Crippen LogP contribution is 2.34. The second-order valence-corrected chi connectivity index (χ2v) is 10.1. The Labute approximate surface area is 180 Å². The summed E-state index contributed by atoms with van der Waals surface area (Å²) >= 11 is 0. The second kappa shape index (κ2) is 8.44. The van der Waals surface area contributed by atoms with Crippen LogP contribution in [-0.2, 0) is 22.9 Å². The Morgan fingerprint density at radius 3 is 2.39 bits per heavy atom. The lowest BCUT2D eigenvalue weighted by Crippen LogP contribution is -2.45. The van der Waals surface area contributed by atoms with Crippen molar-refractivity contribution in [3.63, 3.8) is 0 Å². The van der Waals surface area contributed by atoms with Gasteiger partial charge < -0.3 is 9.80 Å². The quantitative estimate of drug-likeness (QED) is 0.724. The second-order valence-electron chi connectivity index (χ2n) is 8.38. The van der Waals surface area contributed by atoms with E-state index in [1.807, 2.05) is 6.92 Å². The van der Waals surface area contributed by atoms with Crippen molar-refractivity contribution in [3.05, 3.63) is 58.4 Å². The topological polar surface area (TPSA) is 52.6 Å². The molecule has 1 aliphatic heterocycles. The highest BCUT2D eigenvalue weighted by Gasteiger charge is 2.31. The fraction of sp³-hybridized carbons (Fsp3) is 0.455. The first-order chi connectivity index (χ1) is 14.7. The van der Waals surface area contributed by atoms with Gasteiger partial charge in [-0.3, -0.25) is 0 Å². The maximum absolute atomic E-state index is 14.1. The van der Waals surface area contributed by atoms with E-state index < -0.39 is 38.4 Å². The molecule has 0 bridgehead atoms. The number of piperazine rings is 1. The molecule has 5 nitrogen and oxygen atoms in total. The predicted octanol–water partition coefficient (Wildman–Crippen LogP) is 3.00. The fourth-order valence-corrected chi connectivity index (χ4v) is 5.82. The molecule has 0 aromatic heterocycles. The number of nitrogens with zero attached hydrogens (tertiary/aromatic N) is 2. The van der Waals surface area contributed by atoms with Gasteiger partial charge in [-0.25, -0.2) is 26.3 Å². The molecule has 0 saturated carbocycles. The number of likely N-dealkylation sites (N-methyl/N-ethyl adjacent to an activating group) is 1. The third-order valence-corrected chi connectivity index (χ3v) is 7.83. The third-order valence-electron chi connectivity index (χ3n) is 6.29. The van der Waals surface area contributed by atoms with E-state index in [1.165, 1.54) is 11.1 Å². The molecule has 0 spiro atoms. The molecule has 0 amide bonds. The number of nitrogens with one attached hydrogen (secondary N) is 1. The Hall–Kier alpha value is -2.10. The number of halogens is 3. The Morgan fingerprint density at radius 1 is 0.968 bits per heavy atom. The van der Waals surface area contributed by atoms with Crippen molar-refractivity contribution in [2.24, 2.45) is 0 Å². The number of aryl methyl sites for hydroxylation is 1. The van der Waals surface area contributed by atoms with Gasteiger partial charge in [0.1, 0.15) is 4.90 Å². The van der Waals surface area contributed by atoms with E-state index in [4.69, 9.17) is 0 Å². The molecular weight excluding hydrogens is 427 g/mol. The number of benzene rings is 2. The molecule has 31 heavy (non-hydrogen) atoms. The van der Waals surface area contributed by atoms with Crippen molar-refractivity contribution in [3.8, 4) is 0 Å². The molecule has 1 aliphatic carbocycles. The summed E-state index contributed by atoms with van der Waals surface area (Å²) in [5.41, 5.74) is 4.61. The lowest BCUT2D eigenvalue weighted by Gasteiger charge is -2.37. The minimum Gasteiger partial charge on any atom is -0.369 e. The molecule has 9 heteroatoms. The minimum atomic E-state index is -4.34. The van der Waals surface area contributed by atoms with Crippen LogP contribution in [0.15, 0.2) is 29.2 Å². The molecule has 1 fully saturated rings. The smallest absolute Gasteiger partial charge is 0.243 e. The average Bonchev–Trinajstić information content (AvgIpc) is 2.72. The fourth-order valence-electron chi connectivity index (χ4n) is 4.48. The van der Waals surface area contributed by atoms with Crippen molar-refractivity contribution >= 4 is 15.7 Å². The summed E-state index contributed by atoms with van der Waals surface area (Å²) in [4.78, 5) is 3.72. The van der Waals surface area contributed by atoms with E-state index in [2.05, 4.69) is 33.7 Å². The summed E-state index contributed by atoms with van der Waals surface area (Å²) in [6, 6.07) is 5.11. The largest absolute Gasteiger partial charge is 0.369 e. The van der Waals surface area contributed by atoms with E-state index in [1.54, 1.807) is 0 Å². The molecule has 1 atom stereocenters. The van der Waals surface area contributed by atoms with Gasteiger partial charge in [-0.1, -0.05) is 6.07 Å². The van der Waals surface area contributed by atoms with Gasteiger partial charge in [-0.15, -0.1) is 0 Å². The van der Waals surface area contributed by atoms with E-state index in [9.17, 15) is 21.6 Å². The van der Waals surface area contributed by atoms with Gasteiger partial charge in [0.15, 0.2) is 17.5 Å². The minimum absolute atomic E-state index is 0.460. The van der Waals surface area contributed by atoms with Gasteiger partial charge in [0.2, 0.25) is 10.0 Å². The zero-order valence-electron chi connectivity index (χ0n) is 17.6. The summed E-state index contributed by atoms with van der Waals surface area (Å²) in [5, 5.41) is 0.